The lowest BCUT2D eigenvalue weighted by atomic mass is 10.0. The van der Waals surface area contributed by atoms with Gasteiger partial charge >= 0.3 is 6.18 Å². The zero-order valence-electron chi connectivity index (χ0n) is 12.6. The fourth-order valence-electron chi connectivity index (χ4n) is 2.36. The molecule has 0 aliphatic rings. The Morgan fingerprint density at radius 1 is 1.29 bits per heavy atom. The van der Waals surface area contributed by atoms with Crippen LogP contribution in [0.2, 0.25) is 0 Å². The van der Waals surface area contributed by atoms with Crippen molar-refractivity contribution in [1.29, 1.82) is 0 Å². The summed E-state index contributed by atoms with van der Waals surface area (Å²) in [5.41, 5.74) is 0.272. The number of rotatable bonds is 5. The zero-order chi connectivity index (χ0) is 17.2. The van der Waals surface area contributed by atoms with Crippen LogP contribution >= 0.6 is 0 Å². The quantitative estimate of drug-likeness (QED) is 0.748. The molecule has 9 heteroatoms. The van der Waals surface area contributed by atoms with Crippen molar-refractivity contribution in [1.82, 2.24) is 20.2 Å². The smallest absolute Gasteiger partial charge is 0.382 e. The van der Waals surface area contributed by atoms with Crippen molar-refractivity contribution < 1.29 is 17.9 Å². The number of hydrogen-bond donors (Lipinski definition) is 2. The molecule has 2 N–H and O–H groups in total. The lowest BCUT2D eigenvalue weighted by molar-refractivity contribution is -0.137. The van der Waals surface area contributed by atoms with E-state index in [-0.39, 0.29) is 6.61 Å². The predicted octanol–water partition coefficient (Wildman–Crippen LogP) is 3.17. The number of ether oxygens (including phenoxy) is 1. The first kappa shape index (κ1) is 16.2. The number of aromatic amines is 1. The van der Waals surface area contributed by atoms with Gasteiger partial charge in [-0.2, -0.15) is 18.3 Å². The summed E-state index contributed by atoms with van der Waals surface area (Å²) in [4.78, 5) is 8.16. The highest BCUT2D eigenvalue weighted by Gasteiger charge is 2.31. The van der Waals surface area contributed by atoms with Crippen molar-refractivity contribution in [3.8, 4) is 0 Å². The number of nitrogens with zero attached hydrogens (tertiary/aromatic N) is 3. The molecule has 6 nitrogen and oxygen atoms in total. The van der Waals surface area contributed by atoms with E-state index >= 15 is 0 Å². The third-order valence-corrected chi connectivity index (χ3v) is 3.51. The third kappa shape index (κ3) is 3.30. The van der Waals surface area contributed by atoms with Crippen molar-refractivity contribution in [3.05, 3.63) is 47.9 Å². The second-order valence-electron chi connectivity index (χ2n) is 5.13. The molecule has 2 aromatic heterocycles. The average Bonchev–Trinajstić information content (AvgIpc) is 3.03. The first-order chi connectivity index (χ1) is 11.5. The molecule has 0 radical (unpaired) electrons. The van der Waals surface area contributed by atoms with Gasteiger partial charge in [0.25, 0.3) is 0 Å². The number of anilines is 1. The van der Waals surface area contributed by atoms with Gasteiger partial charge in [0.15, 0.2) is 5.65 Å². The Morgan fingerprint density at radius 2 is 2.12 bits per heavy atom. The maximum atomic E-state index is 12.9. The molecule has 24 heavy (non-hydrogen) atoms. The first-order valence-corrected chi connectivity index (χ1v) is 7.05. The summed E-state index contributed by atoms with van der Waals surface area (Å²) in [5, 5.41) is 10.3. The predicted molar refractivity (Wildman–Crippen MR) is 81.4 cm³/mol. The monoisotopic (exact) mass is 337 g/mol. The number of fused-ring (bicyclic) bond motifs is 1. The molecule has 0 aliphatic heterocycles. The SMILES string of the molecule is COCC(Nc1ncnc2[nH]ncc12)c1cccc(C(F)(F)F)c1. The van der Waals surface area contributed by atoms with Gasteiger partial charge in [-0.15, -0.1) is 0 Å². The lowest BCUT2D eigenvalue weighted by Gasteiger charge is -2.20. The minimum atomic E-state index is -4.40. The number of benzene rings is 1. The summed E-state index contributed by atoms with van der Waals surface area (Å²) in [7, 11) is 1.48. The van der Waals surface area contributed by atoms with Gasteiger partial charge in [-0.05, 0) is 17.7 Å². The summed E-state index contributed by atoms with van der Waals surface area (Å²) in [6, 6.07) is 4.61. The second-order valence-corrected chi connectivity index (χ2v) is 5.13. The minimum Gasteiger partial charge on any atom is -0.382 e. The number of nitrogens with one attached hydrogen (secondary N) is 2. The molecule has 1 unspecified atom stereocenters. The molecule has 2 heterocycles. The maximum absolute atomic E-state index is 12.9. The lowest BCUT2D eigenvalue weighted by Crippen LogP contribution is -2.18. The van der Waals surface area contributed by atoms with Crippen LogP contribution in [-0.4, -0.2) is 33.9 Å². The topological polar surface area (TPSA) is 75.7 Å². The number of hydrogen-bond acceptors (Lipinski definition) is 5. The summed E-state index contributed by atoms with van der Waals surface area (Å²) >= 11 is 0. The van der Waals surface area contributed by atoms with Crippen LogP contribution in [-0.2, 0) is 10.9 Å². The third-order valence-electron chi connectivity index (χ3n) is 3.51. The summed E-state index contributed by atoms with van der Waals surface area (Å²) in [6.45, 7) is 0.171. The van der Waals surface area contributed by atoms with E-state index in [1.54, 1.807) is 12.3 Å². The van der Waals surface area contributed by atoms with Crippen molar-refractivity contribution >= 4 is 16.9 Å². The summed E-state index contributed by atoms with van der Waals surface area (Å²) < 4.78 is 43.9. The Bertz CT molecular complexity index is 833. The van der Waals surface area contributed by atoms with Crippen molar-refractivity contribution in [2.45, 2.75) is 12.2 Å². The fourth-order valence-corrected chi connectivity index (χ4v) is 2.36. The van der Waals surface area contributed by atoms with Gasteiger partial charge in [-0.25, -0.2) is 9.97 Å². The molecule has 0 amide bonds. The molecule has 3 rings (SSSR count). The van der Waals surface area contributed by atoms with Crippen molar-refractivity contribution in [3.63, 3.8) is 0 Å². The molecule has 0 bridgehead atoms. The molecule has 0 saturated carbocycles. The average molecular weight is 337 g/mol. The zero-order valence-corrected chi connectivity index (χ0v) is 12.6. The van der Waals surface area contributed by atoms with Crippen LogP contribution in [0.1, 0.15) is 17.2 Å². The fraction of sp³-hybridized carbons (Fsp3) is 0.267. The molecule has 3 aromatic rings. The molecule has 0 fully saturated rings. The minimum absolute atomic E-state index is 0.171. The number of H-pyrrole nitrogens is 1. The Morgan fingerprint density at radius 3 is 2.88 bits per heavy atom. The molecule has 1 atom stereocenters. The van der Waals surface area contributed by atoms with Crippen LogP contribution in [0.25, 0.3) is 11.0 Å². The Labute approximate surface area is 135 Å². The van der Waals surface area contributed by atoms with Gasteiger partial charge < -0.3 is 10.1 Å². The molecular formula is C15H14F3N5O. The molecule has 0 aliphatic carbocycles. The second kappa shape index (κ2) is 6.44. The highest BCUT2D eigenvalue weighted by Crippen LogP contribution is 2.32. The van der Waals surface area contributed by atoms with Crippen molar-refractivity contribution in [2.75, 3.05) is 19.0 Å². The number of halogens is 3. The highest BCUT2D eigenvalue weighted by atomic mass is 19.4. The van der Waals surface area contributed by atoms with Crippen LogP contribution in [0, 0.1) is 0 Å². The molecular weight excluding hydrogens is 323 g/mol. The van der Waals surface area contributed by atoms with Crippen LogP contribution < -0.4 is 5.32 Å². The van der Waals surface area contributed by atoms with Crippen LogP contribution in [0.15, 0.2) is 36.8 Å². The van der Waals surface area contributed by atoms with Crippen LogP contribution in [0.3, 0.4) is 0 Å². The van der Waals surface area contributed by atoms with E-state index in [0.29, 0.717) is 22.4 Å². The van der Waals surface area contributed by atoms with Crippen LogP contribution in [0.5, 0.6) is 0 Å². The van der Waals surface area contributed by atoms with Gasteiger partial charge in [0.2, 0.25) is 0 Å². The Balaban J connectivity index is 1.94. The molecule has 0 saturated heterocycles. The Kier molecular flexibility index (Phi) is 4.34. The van der Waals surface area contributed by atoms with E-state index in [9.17, 15) is 13.2 Å². The van der Waals surface area contributed by atoms with Crippen molar-refractivity contribution in [2.24, 2.45) is 0 Å². The van der Waals surface area contributed by atoms with E-state index in [1.165, 1.54) is 19.5 Å². The van der Waals surface area contributed by atoms with E-state index in [1.807, 2.05) is 0 Å². The van der Waals surface area contributed by atoms with E-state index in [2.05, 4.69) is 25.5 Å². The molecule has 126 valence electrons. The highest BCUT2D eigenvalue weighted by molar-refractivity contribution is 5.85. The van der Waals surface area contributed by atoms with E-state index < -0.39 is 17.8 Å². The normalized spacial score (nSPS) is 13.2. The van der Waals surface area contributed by atoms with E-state index in [4.69, 9.17) is 4.74 Å². The largest absolute Gasteiger partial charge is 0.416 e. The van der Waals surface area contributed by atoms with Gasteiger partial charge in [-0.1, -0.05) is 12.1 Å². The van der Waals surface area contributed by atoms with Gasteiger partial charge in [0, 0.05) is 7.11 Å². The number of aromatic nitrogens is 4. The maximum Gasteiger partial charge on any atom is 0.416 e. The standard InChI is InChI=1S/C15H14F3N5O/c1-24-7-12(9-3-2-4-10(5-9)15(16,17)18)22-13-11-6-21-23-14(11)20-8-19-13/h2-6,8,12H,7H2,1H3,(H2,19,20,21,22,23). The first-order valence-electron chi connectivity index (χ1n) is 7.05. The summed E-state index contributed by atoms with van der Waals surface area (Å²) in [6.07, 6.45) is -1.51. The van der Waals surface area contributed by atoms with E-state index in [0.717, 1.165) is 12.1 Å². The van der Waals surface area contributed by atoms with Crippen LogP contribution in [0.4, 0.5) is 19.0 Å². The van der Waals surface area contributed by atoms with Gasteiger partial charge in [-0.3, -0.25) is 5.10 Å². The van der Waals surface area contributed by atoms with Gasteiger partial charge in [0.1, 0.15) is 12.1 Å². The number of alkyl halides is 3. The Hall–Kier alpha value is -2.68. The van der Waals surface area contributed by atoms with Gasteiger partial charge in [0.05, 0.1) is 29.8 Å². The summed E-state index contributed by atoms with van der Waals surface area (Å²) in [5.74, 6) is 0.466. The molecule has 0 spiro atoms. The molecule has 1 aromatic carbocycles. The number of methoxy groups -OCH3 is 1.